The summed E-state index contributed by atoms with van der Waals surface area (Å²) in [6.07, 6.45) is 3.55. The number of hydrogen-bond donors (Lipinski definition) is 1. The second-order valence-electron chi connectivity index (χ2n) is 4.80. The van der Waals surface area contributed by atoms with Crippen molar-refractivity contribution in [2.75, 3.05) is 0 Å². The van der Waals surface area contributed by atoms with Crippen LogP contribution in [0.1, 0.15) is 21.6 Å². The first-order valence-corrected chi connectivity index (χ1v) is 7.08. The predicted molar refractivity (Wildman–Crippen MR) is 89.1 cm³/mol. The van der Waals surface area contributed by atoms with Gasteiger partial charge in [-0.15, -0.1) is 0 Å². The maximum absolute atomic E-state index is 11.2. The summed E-state index contributed by atoms with van der Waals surface area (Å²) in [5.74, 6) is -0.946. The van der Waals surface area contributed by atoms with Crippen molar-refractivity contribution in [3.8, 4) is 0 Å². The van der Waals surface area contributed by atoms with Gasteiger partial charge >= 0.3 is 5.97 Å². The fourth-order valence-corrected chi connectivity index (χ4v) is 2.38. The highest BCUT2D eigenvalue weighted by molar-refractivity contribution is 6.31. The molecular formula is C18H12ClNO2. The van der Waals surface area contributed by atoms with E-state index in [0.717, 1.165) is 16.6 Å². The van der Waals surface area contributed by atoms with Crippen LogP contribution in [0.5, 0.6) is 0 Å². The van der Waals surface area contributed by atoms with E-state index in [1.807, 2.05) is 24.3 Å². The van der Waals surface area contributed by atoms with Gasteiger partial charge in [0, 0.05) is 10.4 Å². The van der Waals surface area contributed by atoms with Crippen LogP contribution in [0.4, 0.5) is 0 Å². The number of carboxylic acid groups (broad SMARTS) is 1. The number of nitrogens with zero attached hydrogens (tertiary/aromatic N) is 1. The topological polar surface area (TPSA) is 50.2 Å². The number of rotatable bonds is 3. The first-order valence-electron chi connectivity index (χ1n) is 6.70. The Kier molecular flexibility index (Phi) is 3.90. The van der Waals surface area contributed by atoms with Crippen molar-refractivity contribution >= 4 is 40.6 Å². The summed E-state index contributed by atoms with van der Waals surface area (Å²) in [7, 11) is 0. The van der Waals surface area contributed by atoms with Gasteiger partial charge in [-0.3, -0.25) is 0 Å². The summed E-state index contributed by atoms with van der Waals surface area (Å²) in [6.45, 7) is 0. The summed E-state index contributed by atoms with van der Waals surface area (Å²) in [4.78, 5) is 15.7. The summed E-state index contributed by atoms with van der Waals surface area (Å²) >= 11 is 5.98. The number of carbonyl (C=O) groups is 1. The molecule has 0 amide bonds. The molecule has 2 aromatic carbocycles. The van der Waals surface area contributed by atoms with E-state index in [1.54, 1.807) is 42.5 Å². The molecule has 0 aliphatic carbocycles. The molecule has 0 spiro atoms. The Labute approximate surface area is 132 Å². The number of benzene rings is 2. The van der Waals surface area contributed by atoms with E-state index < -0.39 is 5.97 Å². The van der Waals surface area contributed by atoms with E-state index in [-0.39, 0.29) is 5.56 Å². The lowest BCUT2D eigenvalue weighted by molar-refractivity contribution is 0.0696. The third-order valence-corrected chi connectivity index (χ3v) is 3.54. The molecule has 22 heavy (non-hydrogen) atoms. The second-order valence-corrected chi connectivity index (χ2v) is 5.24. The van der Waals surface area contributed by atoms with E-state index in [1.165, 1.54) is 0 Å². The zero-order valence-corrected chi connectivity index (χ0v) is 12.3. The van der Waals surface area contributed by atoms with Crippen LogP contribution in [0.25, 0.3) is 23.1 Å². The van der Waals surface area contributed by atoms with Gasteiger partial charge in [0.2, 0.25) is 0 Å². The molecular weight excluding hydrogens is 298 g/mol. The Morgan fingerprint density at radius 3 is 2.64 bits per heavy atom. The van der Waals surface area contributed by atoms with Gasteiger partial charge in [-0.2, -0.15) is 0 Å². The molecule has 0 atom stereocenters. The Morgan fingerprint density at radius 1 is 1.05 bits per heavy atom. The van der Waals surface area contributed by atoms with Gasteiger partial charge in [-0.25, -0.2) is 9.78 Å². The van der Waals surface area contributed by atoms with Crippen molar-refractivity contribution in [1.29, 1.82) is 0 Å². The molecule has 4 heteroatoms. The molecule has 1 aromatic heterocycles. The highest BCUT2D eigenvalue weighted by Crippen LogP contribution is 2.19. The van der Waals surface area contributed by atoms with Crippen LogP contribution in [-0.2, 0) is 0 Å². The molecule has 3 nitrogen and oxygen atoms in total. The number of pyridine rings is 1. The van der Waals surface area contributed by atoms with Gasteiger partial charge in [0.15, 0.2) is 0 Å². The number of carboxylic acids is 1. The van der Waals surface area contributed by atoms with Gasteiger partial charge in [-0.1, -0.05) is 48.0 Å². The fraction of sp³-hybridized carbons (Fsp3) is 0. The van der Waals surface area contributed by atoms with Crippen molar-refractivity contribution in [2.24, 2.45) is 0 Å². The average Bonchev–Trinajstić information content (AvgIpc) is 2.52. The van der Waals surface area contributed by atoms with Gasteiger partial charge in [-0.05, 0) is 35.9 Å². The van der Waals surface area contributed by atoms with Gasteiger partial charge in [0.1, 0.15) is 0 Å². The Bertz CT molecular complexity index is 887. The minimum absolute atomic E-state index is 0.266. The number of fused-ring (bicyclic) bond motifs is 1. The number of halogens is 1. The molecule has 108 valence electrons. The van der Waals surface area contributed by atoms with Crippen molar-refractivity contribution in [2.45, 2.75) is 0 Å². The predicted octanol–water partition coefficient (Wildman–Crippen LogP) is 4.76. The average molecular weight is 310 g/mol. The van der Waals surface area contributed by atoms with E-state index >= 15 is 0 Å². The zero-order chi connectivity index (χ0) is 15.5. The number of hydrogen-bond acceptors (Lipinski definition) is 2. The van der Waals surface area contributed by atoms with E-state index in [4.69, 9.17) is 11.6 Å². The lowest BCUT2D eigenvalue weighted by Gasteiger charge is -2.01. The van der Waals surface area contributed by atoms with Crippen LogP contribution in [0.3, 0.4) is 0 Å². The Balaban J connectivity index is 1.97. The largest absolute Gasteiger partial charge is 0.478 e. The van der Waals surface area contributed by atoms with Gasteiger partial charge < -0.3 is 5.11 Å². The molecule has 1 N–H and O–H groups in total. The molecule has 0 aliphatic rings. The highest BCUT2D eigenvalue weighted by Gasteiger charge is 2.06. The van der Waals surface area contributed by atoms with Crippen molar-refractivity contribution in [3.05, 3.63) is 76.4 Å². The molecule has 1 heterocycles. The van der Waals surface area contributed by atoms with Crippen LogP contribution in [0.2, 0.25) is 5.02 Å². The SMILES string of the molecule is O=C(O)c1ccccc1C=Cc1ccc2ccc(Cl)cc2n1. The highest BCUT2D eigenvalue weighted by atomic mass is 35.5. The third kappa shape index (κ3) is 3.00. The Morgan fingerprint density at radius 2 is 1.82 bits per heavy atom. The maximum atomic E-state index is 11.2. The summed E-state index contributed by atoms with van der Waals surface area (Å²) in [5, 5.41) is 10.8. The normalized spacial score (nSPS) is 11.1. The molecule has 0 saturated heterocycles. The summed E-state index contributed by atoms with van der Waals surface area (Å²) in [5.41, 5.74) is 2.46. The van der Waals surface area contributed by atoms with E-state index in [2.05, 4.69) is 4.98 Å². The van der Waals surface area contributed by atoms with E-state index in [0.29, 0.717) is 10.6 Å². The number of aromatic nitrogens is 1. The van der Waals surface area contributed by atoms with Crippen LogP contribution in [0, 0.1) is 0 Å². The fourth-order valence-electron chi connectivity index (χ4n) is 2.21. The van der Waals surface area contributed by atoms with Crippen molar-refractivity contribution in [1.82, 2.24) is 4.98 Å². The van der Waals surface area contributed by atoms with Crippen LogP contribution < -0.4 is 0 Å². The van der Waals surface area contributed by atoms with Gasteiger partial charge in [0.25, 0.3) is 0 Å². The summed E-state index contributed by atoms with van der Waals surface area (Å²) in [6, 6.07) is 16.2. The molecule has 0 saturated carbocycles. The molecule has 3 aromatic rings. The summed E-state index contributed by atoms with van der Waals surface area (Å²) < 4.78 is 0. The van der Waals surface area contributed by atoms with Crippen molar-refractivity contribution < 1.29 is 9.90 Å². The lowest BCUT2D eigenvalue weighted by atomic mass is 10.1. The standard InChI is InChI=1S/C18H12ClNO2/c19-14-8-5-13-7-10-15(20-17(13)11-14)9-6-12-3-1-2-4-16(12)18(21)22/h1-11H,(H,21,22). The first-order chi connectivity index (χ1) is 10.6. The van der Waals surface area contributed by atoms with E-state index in [9.17, 15) is 9.90 Å². The minimum atomic E-state index is -0.946. The maximum Gasteiger partial charge on any atom is 0.336 e. The van der Waals surface area contributed by atoms with Crippen LogP contribution >= 0.6 is 11.6 Å². The molecule has 0 radical (unpaired) electrons. The molecule has 0 fully saturated rings. The smallest absolute Gasteiger partial charge is 0.336 e. The zero-order valence-electron chi connectivity index (χ0n) is 11.5. The molecule has 0 unspecified atom stereocenters. The lowest BCUT2D eigenvalue weighted by Crippen LogP contribution is -1.98. The minimum Gasteiger partial charge on any atom is -0.478 e. The first kappa shape index (κ1) is 14.3. The molecule has 3 rings (SSSR count). The molecule has 0 bridgehead atoms. The molecule has 0 aliphatic heterocycles. The third-order valence-electron chi connectivity index (χ3n) is 3.30. The van der Waals surface area contributed by atoms with Gasteiger partial charge in [0.05, 0.1) is 16.8 Å². The number of aromatic carboxylic acids is 1. The second kappa shape index (κ2) is 6.00. The van der Waals surface area contributed by atoms with Crippen LogP contribution in [0.15, 0.2) is 54.6 Å². The van der Waals surface area contributed by atoms with Crippen molar-refractivity contribution in [3.63, 3.8) is 0 Å². The van der Waals surface area contributed by atoms with Crippen LogP contribution in [-0.4, -0.2) is 16.1 Å². The monoisotopic (exact) mass is 309 g/mol. The Hall–Kier alpha value is -2.65. The quantitative estimate of drug-likeness (QED) is 0.759.